The minimum Gasteiger partial charge on any atom is -0.490 e. The third-order valence-corrected chi connectivity index (χ3v) is 4.11. The summed E-state index contributed by atoms with van der Waals surface area (Å²) in [4.78, 5) is 5.29. The second-order valence-electron chi connectivity index (χ2n) is 5.30. The molecule has 0 heterocycles. The molecular formula is C19H19BrN2O2. The number of ether oxygens (including phenoxy) is 1. The highest BCUT2D eigenvalue weighted by molar-refractivity contribution is 9.10. The van der Waals surface area contributed by atoms with E-state index in [0.717, 1.165) is 27.8 Å². The molecule has 0 aliphatic rings. The van der Waals surface area contributed by atoms with E-state index >= 15 is 0 Å². The van der Waals surface area contributed by atoms with Gasteiger partial charge in [-0.05, 0) is 59.1 Å². The number of hydrogen-bond acceptors (Lipinski definition) is 4. The van der Waals surface area contributed by atoms with Crippen LogP contribution in [0.1, 0.15) is 37.0 Å². The second kappa shape index (κ2) is 9.09. The molecule has 2 aromatic rings. The SMILES string of the molecule is CC[C@H](C)Oc1ccc(/C=N\OCc2ccccc2C#N)cc1Br. The molecule has 1 atom stereocenters. The number of rotatable bonds is 7. The highest BCUT2D eigenvalue weighted by Gasteiger charge is 2.06. The Bertz CT molecular complexity index is 753. The van der Waals surface area contributed by atoms with Crippen LogP contribution in [0.15, 0.2) is 52.1 Å². The van der Waals surface area contributed by atoms with Crippen molar-refractivity contribution in [3.63, 3.8) is 0 Å². The average Bonchev–Trinajstić information content (AvgIpc) is 2.61. The number of halogens is 1. The topological polar surface area (TPSA) is 54.6 Å². The van der Waals surface area contributed by atoms with E-state index in [4.69, 9.17) is 14.8 Å². The number of nitriles is 1. The summed E-state index contributed by atoms with van der Waals surface area (Å²) in [7, 11) is 0. The zero-order valence-corrected chi connectivity index (χ0v) is 15.3. The van der Waals surface area contributed by atoms with Gasteiger partial charge in [-0.3, -0.25) is 0 Å². The van der Waals surface area contributed by atoms with Crippen LogP contribution in [0.3, 0.4) is 0 Å². The standard InChI is InChI=1S/C19H19BrN2O2/c1-3-14(2)24-19-9-8-15(10-18(19)20)12-22-23-13-17-7-5-4-6-16(17)11-21/h4-10,12,14H,3,13H2,1-2H3/b22-12-/t14-/m0/s1. The highest BCUT2D eigenvalue weighted by Crippen LogP contribution is 2.26. The Kier molecular flexibility index (Phi) is 6.83. The molecule has 4 nitrogen and oxygen atoms in total. The zero-order chi connectivity index (χ0) is 17.4. The molecule has 2 rings (SSSR count). The maximum Gasteiger partial charge on any atom is 0.143 e. The molecule has 0 aromatic heterocycles. The third-order valence-electron chi connectivity index (χ3n) is 3.49. The van der Waals surface area contributed by atoms with E-state index in [-0.39, 0.29) is 12.7 Å². The molecule has 0 amide bonds. The van der Waals surface area contributed by atoms with E-state index < -0.39 is 0 Å². The normalized spacial score (nSPS) is 11.9. The number of nitrogens with zero attached hydrogens (tertiary/aromatic N) is 2. The number of benzene rings is 2. The zero-order valence-electron chi connectivity index (χ0n) is 13.7. The fourth-order valence-electron chi connectivity index (χ4n) is 1.95. The van der Waals surface area contributed by atoms with Crippen LogP contribution < -0.4 is 4.74 Å². The Balaban J connectivity index is 1.95. The Morgan fingerprint density at radius 1 is 1.29 bits per heavy atom. The van der Waals surface area contributed by atoms with Crippen molar-refractivity contribution < 1.29 is 9.57 Å². The van der Waals surface area contributed by atoms with E-state index in [2.05, 4.69) is 34.1 Å². The van der Waals surface area contributed by atoms with Crippen LogP contribution in [-0.4, -0.2) is 12.3 Å². The Morgan fingerprint density at radius 2 is 2.08 bits per heavy atom. The summed E-state index contributed by atoms with van der Waals surface area (Å²) >= 11 is 3.51. The van der Waals surface area contributed by atoms with E-state index in [1.54, 1.807) is 12.3 Å². The van der Waals surface area contributed by atoms with Gasteiger partial charge in [0.25, 0.3) is 0 Å². The Morgan fingerprint density at radius 3 is 2.79 bits per heavy atom. The molecule has 124 valence electrons. The van der Waals surface area contributed by atoms with Crippen molar-refractivity contribution >= 4 is 22.1 Å². The summed E-state index contributed by atoms with van der Waals surface area (Å²) < 4.78 is 6.68. The van der Waals surface area contributed by atoms with Crippen molar-refractivity contribution in [2.24, 2.45) is 5.16 Å². The number of hydrogen-bond donors (Lipinski definition) is 0. The predicted molar refractivity (Wildman–Crippen MR) is 98.1 cm³/mol. The fourth-order valence-corrected chi connectivity index (χ4v) is 2.44. The largest absolute Gasteiger partial charge is 0.490 e. The van der Waals surface area contributed by atoms with Crippen molar-refractivity contribution in [1.29, 1.82) is 5.26 Å². The lowest BCUT2D eigenvalue weighted by atomic mass is 10.1. The summed E-state index contributed by atoms with van der Waals surface area (Å²) in [5, 5.41) is 13.0. The van der Waals surface area contributed by atoms with Crippen molar-refractivity contribution in [1.82, 2.24) is 0 Å². The van der Waals surface area contributed by atoms with Gasteiger partial charge in [-0.2, -0.15) is 5.26 Å². The monoisotopic (exact) mass is 386 g/mol. The Labute approximate surface area is 150 Å². The predicted octanol–water partition coefficient (Wildman–Crippen LogP) is 5.05. The van der Waals surface area contributed by atoms with Crippen molar-refractivity contribution in [2.45, 2.75) is 33.0 Å². The molecule has 0 saturated carbocycles. The first kappa shape index (κ1) is 18.0. The number of oxime groups is 1. The van der Waals surface area contributed by atoms with Crippen molar-refractivity contribution in [2.75, 3.05) is 0 Å². The molecular weight excluding hydrogens is 368 g/mol. The summed E-state index contributed by atoms with van der Waals surface area (Å²) in [6.45, 7) is 4.38. The van der Waals surface area contributed by atoms with E-state index in [1.165, 1.54) is 0 Å². The quantitative estimate of drug-likeness (QED) is 0.494. The van der Waals surface area contributed by atoms with E-state index in [9.17, 15) is 0 Å². The minimum atomic E-state index is 0.171. The van der Waals surface area contributed by atoms with Gasteiger partial charge in [0.2, 0.25) is 0 Å². The first-order chi connectivity index (χ1) is 11.6. The molecule has 2 aromatic carbocycles. The maximum absolute atomic E-state index is 9.03. The van der Waals surface area contributed by atoms with Crippen LogP contribution in [0.25, 0.3) is 0 Å². The molecule has 5 heteroatoms. The lowest BCUT2D eigenvalue weighted by molar-refractivity contribution is 0.132. The molecule has 0 fully saturated rings. The summed E-state index contributed by atoms with van der Waals surface area (Å²) in [5.74, 6) is 0.811. The van der Waals surface area contributed by atoms with Gasteiger partial charge in [0, 0.05) is 5.56 Å². The van der Waals surface area contributed by atoms with Crippen LogP contribution in [0.2, 0.25) is 0 Å². The van der Waals surface area contributed by atoms with Crippen LogP contribution in [0.5, 0.6) is 5.75 Å². The van der Waals surface area contributed by atoms with E-state index in [0.29, 0.717) is 5.56 Å². The molecule has 0 N–H and O–H groups in total. The molecule has 0 radical (unpaired) electrons. The minimum absolute atomic E-state index is 0.171. The molecule has 24 heavy (non-hydrogen) atoms. The first-order valence-corrected chi connectivity index (χ1v) is 8.53. The first-order valence-electron chi connectivity index (χ1n) is 7.73. The van der Waals surface area contributed by atoms with Gasteiger partial charge in [-0.1, -0.05) is 30.3 Å². The molecule has 0 spiro atoms. The third kappa shape index (κ3) is 5.10. The summed E-state index contributed by atoms with van der Waals surface area (Å²) in [6.07, 6.45) is 2.75. The van der Waals surface area contributed by atoms with Gasteiger partial charge >= 0.3 is 0 Å². The summed E-state index contributed by atoms with van der Waals surface area (Å²) in [5.41, 5.74) is 2.31. The highest BCUT2D eigenvalue weighted by atomic mass is 79.9. The molecule has 0 bridgehead atoms. The lowest BCUT2D eigenvalue weighted by Crippen LogP contribution is -2.10. The van der Waals surface area contributed by atoms with Crippen molar-refractivity contribution in [3.8, 4) is 11.8 Å². The molecule has 0 aliphatic heterocycles. The van der Waals surface area contributed by atoms with Gasteiger partial charge in [-0.25, -0.2) is 0 Å². The van der Waals surface area contributed by atoms with Crippen LogP contribution in [0, 0.1) is 11.3 Å². The van der Waals surface area contributed by atoms with Gasteiger partial charge in [0.15, 0.2) is 0 Å². The fraction of sp³-hybridized carbons (Fsp3) is 0.263. The van der Waals surface area contributed by atoms with Crippen LogP contribution in [-0.2, 0) is 11.4 Å². The van der Waals surface area contributed by atoms with Crippen LogP contribution in [0.4, 0.5) is 0 Å². The lowest BCUT2D eigenvalue weighted by Gasteiger charge is -2.14. The molecule has 0 unspecified atom stereocenters. The molecule has 0 saturated heterocycles. The van der Waals surface area contributed by atoms with E-state index in [1.807, 2.05) is 43.3 Å². The van der Waals surface area contributed by atoms with Gasteiger partial charge in [-0.15, -0.1) is 0 Å². The maximum atomic E-state index is 9.03. The van der Waals surface area contributed by atoms with Gasteiger partial charge in [0.1, 0.15) is 12.4 Å². The van der Waals surface area contributed by atoms with Crippen molar-refractivity contribution in [3.05, 3.63) is 63.6 Å². The van der Waals surface area contributed by atoms with Crippen LogP contribution >= 0.6 is 15.9 Å². The van der Waals surface area contributed by atoms with Gasteiger partial charge < -0.3 is 9.57 Å². The molecule has 0 aliphatic carbocycles. The Hall–Kier alpha value is -2.32. The summed E-state index contributed by atoms with van der Waals surface area (Å²) in [6, 6.07) is 15.2. The van der Waals surface area contributed by atoms with Gasteiger partial charge in [0.05, 0.1) is 28.4 Å². The average molecular weight is 387 g/mol. The second-order valence-corrected chi connectivity index (χ2v) is 6.16. The smallest absolute Gasteiger partial charge is 0.143 e.